The number of benzene rings is 1. The van der Waals surface area contributed by atoms with Crippen LogP contribution in [0.1, 0.15) is 17.0 Å². The molecule has 2 heterocycles. The number of alkyl halides is 3. The Morgan fingerprint density at radius 3 is 2.90 bits per heavy atom. The van der Waals surface area contributed by atoms with Crippen LogP contribution in [0.5, 0.6) is 0 Å². The van der Waals surface area contributed by atoms with E-state index in [9.17, 15) is 13.2 Å². The third kappa shape index (κ3) is 2.82. The van der Waals surface area contributed by atoms with Crippen LogP contribution in [-0.4, -0.2) is 22.9 Å². The summed E-state index contributed by atoms with van der Waals surface area (Å²) < 4.78 is 41.7. The third-order valence-corrected chi connectivity index (χ3v) is 3.17. The van der Waals surface area contributed by atoms with Crippen LogP contribution in [0.4, 0.5) is 13.2 Å². The summed E-state index contributed by atoms with van der Waals surface area (Å²) in [5.41, 5.74) is 3.00. The number of halogens is 3. The first-order chi connectivity index (χ1) is 9.51. The molecule has 0 aliphatic carbocycles. The number of nitrogens with zero attached hydrogens (tertiary/aromatic N) is 2. The van der Waals surface area contributed by atoms with Gasteiger partial charge < -0.3 is 9.84 Å². The minimum absolute atomic E-state index is 0.123. The zero-order valence-corrected chi connectivity index (χ0v) is 10.5. The molecule has 106 valence electrons. The quantitative estimate of drug-likeness (QED) is 0.920. The van der Waals surface area contributed by atoms with E-state index in [0.29, 0.717) is 5.56 Å². The van der Waals surface area contributed by atoms with Gasteiger partial charge in [-0.1, -0.05) is 11.2 Å². The summed E-state index contributed by atoms with van der Waals surface area (Å²) in [7, 11) is 0. The first-order valence-corrected chi connectivity index (χ1v) is 6.23. The van der Waals surface area contributed by atoms with Gasteiger partial charge in [-0.3, -0.25) is 0 Å². The van der Waals surface area contributed by atoms with Gasteiger partial charge in [-0.25, -0.2) is 0 Å². The van der Waals surface area contributed by atoms with Gasteiger partial charge in [0.15, 0.2) is 5.82 Å². The van der Waals surface area contributed by atoms with E-state index in [1.807, 2.05) is 12.1 Å². The van der Waals surface area contributed by atoms with Crippen molar-refractivity contribution in [3.63, 3.8) is 0 Å². The molecule has 0 fully saturated rings. The third-order valence-electron chi connectivity index (χ3n) is 3.17. The Hall–Kier alpha value is -1.89. The fourth-order valence-corrected chi connectivity index (χ4v) is 2.24. The SMILES string of the molecule is FC(F)(F)Cc1noc(-c2ccc3c(c2)CNCC3)n1. The average molecular weight is 283 g/mol. The van der Waals surface area contributed by atoms with Crippen LogP contribution in [0.25, 0.3) is 11.5 Å². The van der Waals surface area contributed by atoms with E-state index < -0.39 is 12.6 Å². The highest BCUT2D eigenvalue weighted by atomic mass is 19.4. The molecule has 0 spiro atoms. The lowest BCUT2D eigenvalue weighted by atomic mass is 9.98. The van der Waals surface area contributed by atoms with Crippen molar-refractivity contribution < 1.29 is 17.7 Å². The summed E-state index contributed by atoms with van der Waals surface area (Å²) in [6.07, 6.45) is -4.57. The molecule has 0 amide bonds. The molecule has 0 atom stereocenters. The van der Waals surface area contributed by atoms with Crippen molar-refractivity contribution in [3.05, 3.63) is 35.2 Å². The molecule has 3 rings (SSSR count). The highest BCUT2D eigenvalue weighted by Crippen LogP contribution is 2.25. The number of rotatable bonds is 2. The Balaban J connectivity index is 1.86. The molecule has 7 heteroatoms. The van der Waals surface area contributed by atoms with Crippen molar-refractivity contribution in [3.8, 4) is 11.5 Å². The van der Waals surface area contributed by atoms with Gasteiger partial charge in [0, 0.05) is 12.1 Å². The molecule has 1 aromatic carbocycles. The van der Waals surface area contributed by atoms with Crippen LogP contribution >= 0.6 is 0 Å². The van der Waals surface area contributed by atoms with Gasteiger partial charge in [0.05, 0.1) is 0 Å². The summed E-state index contributed by atoms with van der Waals surface area (Å²) in [6, 6.07) is 5.64. The number of fused-ring (bicyclic) bond motifs is 1. The molecule has 0 radical (unpaired) electrons. The van der Waals surface area contributed by atoms with E-state index in [1.165, 1.54) is 5.56 Å². The van der Waals surface area contributed by atoms with Crippen LogP contribution in [0.2, 0.25) is 0 Å². The zero-order valence-electron chi connectivity index (χ0n) is 10.5. The van der Waals surface area contributed by atoms with Crippen LogP contribution < -0.4 is 5.32 Å². The van der Waals surface area contributed by atoms with E-state index in [0.717, 1.165) is 25.1 Å². The minimum Gasteiger partial charge on any atom is -0.334 e. The molecule has 0 saturated carbocycles. The van der Waals surface area contributed by atoms with Crippen LogP contribution in [0, 0.1) is 0 Å². The highest BCUT2D eigenvalue weighted by Gasteiger charge is 2.30. The van der Waals surface area contributed by atoms with Crippen molar-refractivity contribution in [1.82, 2.24) is 15.5 Å². The van der Waals surface area contributed by atoms with Crippen molar-refractivity contribution in [2.24, 2.45) is 0 Å². The van der Waals surface area contributed by atoms with Gasteiger partial charge in [0.1, 0.15) is 6.42 Å². The van der Waals surface area contributed by atoms with Gasteiger partial charge in [-0.15, -0.1) is 0 Å². The Kier molecular flexibility index (Phi) is 3.21. The van der Waals surface area contributed by atoms with Gasteiger partial charge in [-0.2, -0.15) is 18.2 Å². The van der Waals surface area contributed by atoms with Gasteiger partial charge in [-0.05, 0) is 36.2 Å². The van der Waals surface area contributed by atoms with E-state index in [2.05, 4.69) is 15.5 Å². The standard InChI is InChI=1S/C13H12F3N3O/c14-13(15,16)6-11-18-12(20-19-11)9-2-1-8-3-4-17-7-10(8)5-9/h1-2,5,17H,3-4,6-7H2. The fraction of sp³-hybridized carbons (Fsp3) is 0.385. The molecule has 0 saturated heterocycles. The molecule has 0 unspecified atom stereocenters. The maximum Gasteiger partial charge on any atom is 0.396 e. The average Bonchev–Trinajstić information content (AvgIpc) is 2.84. The summed E-state index contributed by atoms with van der Waals surface area (Å²) >= 11 is 0. The fourth-order valence-electron chi connectivity index (χ4n) is 2.24. The Labute approximate surface area is 113 Å². The first kappa shape index (κ1) is 13.1. The zero-order chi connectivity index (χ0) is 14.2. The first-order valence-electron chi connectivity index (χ1n) is 6.23. The highest BCUT2D eigenvalue weighted by molar-refractivity contribution is 5.56. The lowest BCUT2D eigenvalue weighted by Gasteiger charge is -2.17. The van der Waals surface area contributed by atoms with E-state index in [4.69, 9.17) is 4.52 Å². The van der Waals surface area contributed by atoms with Gasteiger partial charge >= 0.3 is 6.18 Å². The molecule has 20 heavy (non-hydrogen) atoms. The molecule has 1 N–H and O–H groups in total. The lowest BCUT2D eigenvalue weighted by molar-refractivity contribution is -0.128. The Morgan fingerprint density at radius 1 is 1.25 bits per heavy atom. The summed E-state index contributed by atoms with van der Waals surface area (Å²) in [5, 5.41) is 6.61. The van der Waals surface area contributed by atoms with Crippen LogP contribution in [0.3, 0.4) is 0 Å². The van der Waals surface area contributed by atoms with E-state index in [1.54, 1.807) is 6.07 Å². The minimum atomic E-state index is -4.33. The predicted molar refractivity (Wildman–Crippen MR) is 64.9 cm³/mol. The van der Waals surface area contributed by atoms with Crippen molar-refractivity contribution in [1.29, 1.82) is 0 Å². The normalized spacial score (nSPS) is 15.2. The van der Waals surface area contributed by atoms with Crippen molar-refractivity contribution in [2.45, 2.75) is 25.6 Å². The van der Waals surface area contributed by atoms with Gasteiger partial charge in [0.25, 0.3) is 5.89 Å². The lowest BCUT2D eigenvalue weighted by Crippen LogP contribution is -2.23. The predicted octanol–water partition coefficient (Wildman–Crippen LogP) is 2.49. The van der Waals surface area contributed by atoms with E-state index >= 15 is 0 Å². The van der Waals surface area contributed by atoms with Crippen LogP contribution in [0.15, 0.2) is 22.7 Å². The smallest absolute Gasteiger partial charge is 0.334 e. The molecule has 0 bridgehead atoms. The van der Waals surface area contributed by atoms with Gasteiger partial charge in [0.2, 0.25) is 0 Å². The summed E-state index contributed by atoms with van der Waals surface area (Å²) in [6.45, 7) is 1.68. The maximum atomic E-state index is 12.2. The maximum absolute atomic E-state index is 12.2. The molecule has 2 aromatic rings. The number of aromatic nitrogens is 2. The Morgan fingerprint density at radius 2 is 2.10 bits per heavy atom. The van der Waals surface area contributed by atoms with Crippen molar-refractivity contribution >= 4 is 0 Å². The largest absolute Gasteiger partial charge is 0.396 e. The summed E-state index contributed by atoms with van der Waals surface area (Å²) in [4.78, 5) is 3.80. The molecule has 4 nitrogen and oxygen atoms in total. The number of nitrogens with one attached hydrogen (secondary N) is 1. The number of hydrogen-bond donors (Lipinski definition) is 1. The second-order valence-corrected chi connectivity index (χ2v) is 4.72. The van der Waals surface area contributed by atoms with E-state index in [-0.39, 0.29) is 11.7 Å². The summed E-state index contributed by atoms with van der Waals surface area (Å²) in [5.74, 6) is -0.221. The topological polar surface area (TPSA) is 51.0 Å². The number of hydrogen-bond acceptors (Lipinski definition) is 4. The Bertz CT molecular complexity index is 622. The van der Waals surface area contributed by atoms with Crippen LogP contribution in [-0.2, 0) is 19.4 Å². The second kappa shape index (κ2) is 4.90. The molecular formula is C13H12F3N3O. The molecular weight excluding hydrogens is 271 g/mol. The van der Waals surface area contributed by atoms with Crippen molar-refractivity contribution in [2.75, 3.05) is 6.54 Å². The second-order valence-electron chi connectivity index (χ2n) is 4.72. The molecule has 1 aliphatic heterocycles. The monoisotopic (exact) mass is 283 g/mol. The molecule has 1 aliphatic rings. The molecule has 1 aromatic heterocycles.